The number of pyridine rings is 1. The molecule has 0 amide bonds. The monoisotopic (exact) mass is 483 g/mol. The third kappa shape index (κ3) is 7.29. The molecule has 2 fully saturated rings. The molecule has 0 atom stereocenters. The second-order valence-electron chi connectivity index (χ2n) is 9.02. The van der Waals surface area contributed by atoms with Crippen molar-refractivity contribution in [3.63, 3.8) is 0 Å². The molecule has 0 radical (unpaired) electrons. The lowest BCUT2D eigenvalue weighted by Crippen LogP contribution is -2.32. The Morgan fingerprint density at radius 2 is 1.86 bits per heavy atom. The lowest BCUT2D eigenvalue weighted by Gasteiger charge is -2.30. The number of hydrogen-bond acceptors (Lipinski definition) is 9. The molecule has 0 spiro atoms. The van der Waals surface area contributed by atoms with E-state index in [0.29, 0.717) is 29.0 Å². The molecule has 1 saturated heterocycles. The predicted octanol–water partition coefficient (Wildman–Crippen LogP) is 3.04. The van der Waals surface area contributed by atoms with Gasteiger partial charge < -0.3 is 25.5 Å². The number of aryl methyl sites for hydroxylation is 1. The van der Waals surface area contributed by atoms with E-state index in [4.69, 9.17) is 31.2 Å². The average Bonchev–Trinajstić information content (AvgIpc) is 2.78. The van der Waals surface area contributed by atoms with Crippen molar-refractivity contribution < 1.29 is 14.6 Å². The Bertz CT molecular complexity index is 1030. The minimum Gasteiger partial charge on any atom is -0.481 e. The number of piperidine rings is 1. The Morgan fingerprint density at radius 3 is 2.43 bits per heavy atom. The van der Waals surface area contributed by atoms with Crippen LogP contribution in [0.2, 0.25) is 0 Å². The van der Waals surface area contributed by atoms with Gasteiger partial charge in [-0.2, -0.15) is 4.98 Å². The number of ether oxygens (including phenoxy) is 1. The number of likely N-dealkylation sites (N-methyl/N-ethyl adjacent to an activating group) is 1. The first kappa shape index (κ1) is 26.2. The van der Waals surface area contributed by atoms with Gasteiger partial charge in [-0.05, 0) is 57.2 Å². The van der Waals surface area contributed by atoms with Crippen molar-refractivity contribution in [2.45, 2.75) is 58.3 Å². The van der Waals surface area contributed by atoms with E-state index in [-0.39, 0.29) is 6.61 Å². The molecule has 35 heavy (non-hydrogen) atoms. The van der Waals surface area contributed by atoms with E-state index in [2.05, 4.69) is 20.9 Å². The van der Waals surface area contributed by atoms with Crippen molar-refractivity contribution in [1.82, 2.24) is 20.0 Å². The summed E-state index contributed by atoms with van der Waals surface area (Å²) in [5.74, 6) is 5.76. The van der Waals surface area contributed by atoms with Crippen molar-refractivity contribution >= 4 is 17.4 Å². The molecule has 2 aromatic heterocycles. The van der Waals surface area contributed by atoms with E-state index in [9.17, 15) is 0 Å². The largest absolute Gasteiger partial charge is 0.481 e. The van der Waals surface area contributed by atoms with E-state index >= 15 is 0 Å². The van der Waals surface area contributed by atoms with Crippen molar-refractivity contribution in [3.8, 4) is 6.01 Å². The molecule has 1 aliphatic heterocycles. The van der Waals surface area contributed by atoms with Crippen LogP contribution in [0.4, 0.5) is 5.69 Å². The van der Waals surface area contributed by atoms with Crippen LogP contribution in [0.15, 0.2) is 30.1 Å². The highest BCUT2D eigenvalue weighted by molar-refractivity contribution is 5.65. The van der Waals surface area contributed by atoms with E-state index in [1.165, 1.54) is 49.2 Å². The van der Waals surface area contributed by atoms with Gasteiger partial charge in [0.05, 0.1) is 34.2 Å². The molecule has 2 aromatic rings. The molecule has 1 aliphatic carbocycles. The number of aromatic nitrogens is 3. The minimum atomic E-state index is -0.833. The van der Waals surface area contributed by atoms with Gasteiger partial charge >= 0.3 is 6.01 Å². The van der Waals surface area contributed by atoms with Gasteiger partial charge in [0, 0.05) is 39.2 Å². The smallest absolute Gasteiger partial charge is 0.316 e. The maximum atomic E-state index is 9.00. The number of nitrogens with two attached hydrogens (primary N) is 2. The molecule has 5 N–H and O–H groups in total. The van der Waals surface area contributed by atoms with Gasteiger partial charge in [0.2, 0.25) is 0 Å². The van der Waals surface area contributed by atoms with Crippen LogP contribution in [0.3, 0.4) is 0 Å². The molecule has 3 heterocycles. The normalized spacial score (nSPS) is 16.4. The van der Waals surface area contributed by atoms with Gasteiger partial charge in [0.15, 0.2) is 0 Å². The summed E-state index contributed by atoms with van der Waals surface area (Å²) in [6, 6.07) is 6.38. The van der Waals surface area contributed by atoms with Crippen LogP contribution in [0.25, 0.3) is 5.70 Å². The fourth-order valence-corrected chi connectivity index (χ4v) is 4.18. The highest BCUT2D eigenvalue weighted by atomic mass is 16.5. The molecule has 10 heteroatoms. The minimum absolute atomic E-state index is 0.168. The van der Waals surface area contributed by atoms with Crippen LogP contribution in [0.5, 0.6) is 6.01 Å². The van der Waals surface area contributed by atoms with E-state index in [1.54, 1.807) is 13.2 Å². The number of hydrogen-bond donors (Lipinski definition) is 3. The van der Waals surface area contributed by atoms with Gasteiger partial charge in [-0.1, -0.05) is 6.42 Å². The van der Waals surface area contributed by atoms with Crippen molar-refractivity contribution in [2.75, 3.05) is 31.6 Å². The number of carboxylic acid groups (broad SMARTS) is 1. The first-order valence-electron chi connectivity index (χ1n) is 12.1. The molecule has 190 valence electrons. The number of nitrogens with zero attached hydrogens (tertiary/aromatic N) is 5. The van der Waals surface area contributed by atoms with Gasteiger partial charge in [-0.15, -0.1) is 0 Å². The fraction of sp³-hybridized carbons (Fsp3) is 0.520. The van der Waals surface area contributed by atoms with Crippen molar-refractivity contribution in [1.29, 1.82) is 0 Å². The van der Waals surface area contributed by atoms with Crippen LogP contribution in [-0.4, -0.2) is 57.8 Å². The van der Waals surface area contributed by atoms with Gasteiger partial charge in [0.1, 0.15) is 6.61 Å². The summed E-state index contributed by atoms with van der Waals surface area (Å²) in [7, 11) is 1.74. The summed E-state index contributed by atoms with van der Waals surface area (Å²) in [6.45, 7) is 5.44. The van der Waals surface area contributed by atoms with Gasteiger partial charge in [-0.3, -0.25) is 4.79 Å². The second-order valence-corrected chi connectivity index (χ2v) is 9.02. The fourth-order valence-electron chi connectivity index (χ4n) is 4.18. The Balaban J connectivity index is 0.000000795. The van der Waals surface area contributed by atoms with E-state index in [1.807, 2.05) is 19.1 Å². The summed E-state index contributed by atoms with van der Waals surface area (Å²) in [6.07, 6.45) is 9.13. The Labute approximate surface area is 207 Å². The maximum Gasteiger partial charge on any atom is 0.316 e. The average molecular weight is 484 g/mol. The number of carboxylic acids is 1. The van der Waals surface area contributed by atoms with Crippen molar-refractivity contribution in [3.05, 3.63) is 47.2 Å². The van der Waals surface area contributed by atoms with Crippen LogP contribution in [0.1, 0.15) is 68.4 Å². The van der Waals surface area contributed by atoms with Crippen LogP contribution in [-0.2, 0) is 4.79 Å². The molecule has 10 nitrogen and oxygen atoms in total. The highest BCUT2D eigenvalue weighted by Gasteiger charge is 2.22. The number of aliphatic carboxylic acids is 1. The molecule has 2 aliphatic rings. The number of hydrazine groups is 1. The van der Waals surface area contributed by atoms with Gasteiger partial charge in [0.25, 0.3) is 5.97 Å². The SMILES string of the molecule is CC(=O)O.Cc1nc(/C(N)=C(\COc2nccc(C3CCC3)n2)N(C)N)ccc1N1CCCCC1. The topological polar surface area (TPSA) is 144 Å². The third-order valence-electron chi connectivity index (χ3n) is 6.28. The molecule has 4 rings (SSSR count). The van der Waals surface area contributed by atoms with E-state index < -0.39 is 5.97 Å². The molecule has 0 bridgehead atoms. The van der Waals surface area contributed by atoms with Crippen LogP contribution < -0.4 is 21.2 Å². The third-order valence-corrected chi connectivity index (χ3v) is 6.28. The first-order chi connectivity index (χ1) is 16.8. The predicted molar refractivity (Wildman–Crippen MR) is 136 cm³/mol. The summed E-state index contributed by atoms with van der Waals surface area (Å²) in [4.78, 5) is 25.0. The van der Waals surface area contributed by atoms with Crippen LogP contribution in [0, 0.1) is 6.92 Å². The molecular weight excluding hydrogens is 446 g/mol. The number of rotatable bonds is 7. The Hall–Kier alpha value is -3.40. The number of carbonyl (C=O) groups is 1. The maximum absolute atomic E-state index is 9.00. The van der Waals surface area contributed by atoms with Crippen LogP contribution >= 0.6 is 0 Å². The zero-order chi connectivity index (χ0) is 25.4. The zero-order valence-electron chi connectivity index (χ0n) is 20.9. The van der Waals surface area contributed by atoms with Gasteiger partial charge in [-0.25, -0.2) is 15.8 Å². The van der Waals surface area contributed by atoms with E-state index in [0.717, 1.165) is 31.4 Å². The Kier molecular flexibility index (Phi) is 9.25. The first-order valence-corrected chi connectivity index (χ1v) is 12.1. The summed E-state index contributed by atoms with van der Waals surface area (Å²) >= 11 is 0. The lowest BCUT2D eigenvalue weighted by atomic mass is 9.83. The number of anilines is 1. The summed E-state index contributed by atoms with van der Waals surface area (Å²) < 4.78 is 5.86. The molecular formula is C25H37N7O3. The standard InChI is InChI=1S/C23H33N7O.C2H4O2/c1-16-20(30-13-4-3-5-14-30)10-9-19(27-16)22(24)21(29(2)25)15-31-23-26-12-11-18(28-23)17-7-6-8-17;1-2(3)4/h9-12,17H,3-8,13-15,24-25H2,1-2H3;1H3,(H,3,4)/b22-21-;. The Morgan fingerprint density at radius 1 is 1.17 bits per heavy atom. The zero-order valence-corrected chi connectivity index (χ0v) is 20.9. The molecule has 1 saturated carbocycles. The summed E-state index contributed by atoms with van der Waals surface area (Å²) in [5, 5.41) is 8.89. The summed E-state index contributed by atoms with van der Waals surface area (Å²) in [5.41, 5.74) is 11.5. The quantitative estimate of drug-likeness (QED) is 0.397. The van der Waals surface area contributed by atoms with Crippen molar-refractivity contribution in [2.24, 2.45) is 11.6 Å². The second kappa shape index (κ2) is 12.3. The highest BCUT2D eigenvalue weighted by Crippen LogP contribution is 2.35. The molecule has 0 aromatic carbocycles. The lowest BCUT2D eigenvalue weighted by molar-refractivity contribution is -0.134. The molecule has 0 unspecified atom stereocenters.